The van der Waals surface area contributed by atoms with Crippen molar-refractivity contribution in [3.05, 3.63) is 29.3 Å². The van der Waals surface area contributed by atoms with Gasteiger partial charge in [-0.15, -0.1) is 0 Å². The number of carbonyl (C=O) groups excluding carboxylic acids is 1. The van der Waals surface area contributed by atoms with Crippen LogP contribution in [0, 0.1) is 6.92 Å². The lowest BCUT2D eigenvalue weighted by Gasteiger charge is -2.06. The standard InChI is InChI=1S/C11H13ClO4S/c1-3-16-11(13)7-9-5-4-8(2)10(6-9)17(12,14)15/h4-6H,3,7H2,1-2H3. The molecular formula is C11H13ClO4S. The van der Waals surface area contributed by atoms with Gasteiger partial charge in [0.2, 0.25) is 0 Å². The number of ether oxygens (including phenoxy) is 1. The van der Waals surface area contributed by atoms with E-state index in [0.717, 1.165) is 0 Å². The fraction of sp³-hybridized carbons (Fsp3) is 0.364. The van der Waals surface area contributed by atoms with Gasteiger partial charge in [0.05, 0.1) is 17.9 Å². The minimum atomic E-state index is -3.78. The maximum Gasteiger partial charge on any atom is 0.310 e. The van der Waals surface area contributed by atoms with Gasteiger partial charge in [-0.05, 0) is 31.0 Å². The van der Waals surface area contributed by atoms with E-state index in [1.165, 1.54) is 6.07 Å². The third kappa shape index (κ3) is 4.02. The zero-order valence-corrected chi connectivity index (χ0v) is 11.1. The van der Waals surface area contributed by atoms with Crippen LogP contribution in [0.4, 0.5) is 0 Å². The first-order valence-electron chi connectivity index (χ1n) is 5.04. The fourth-order valence-corrected chi connectivity index (χ4v) is 2.64. The van der Waals surface area contributed by atoms with E-state index >= 15 is 0 Å². The van der Waals surface area contributed by atoms with Crippen molar-refractivity contribution in [2.24, 2.45) is 0 Å². The zero-order valence-electron chi connectivity index (χ0n) is 9.57. The lowest BCUT2D eigenvalue weighted by molar-refractivity contribution is -0.142. The average molecular weight is 277 g/mol. The number of hydrogen-bond acceptors (Lipinski definition) is 4. The van der Waals surface area contributed by atoms with Gasteiger partial charge in [-0.3, -0.25) is 4.79 Å². The maximum absolute atomic E-state index is 11.3. The third-order valence-corrected chi connectivity index (χ3v) is 3.63. The highest BCUT2D eigenvalue weighted by Gasteiger charge is 2.15. The highest BCUT2D eigenvalue weighted by molar-refractivity contribution is 8.13. The average Bonchev–Trinajstić information content (AvgIpc) is 2.19. The van der Waals surface area contributed by atoms with Gasteiger partial charge in [0.25, 0.3) is 9.05 Å². The van der Waals surface area contributed by atoms with Crippen molar-refractivity contribution in [3.63, 3.8) is 0 Å². The molecule has 0 spiro atoms. The topological polar surface area (TPSA) is 60.4 Å². The fourth-order valence-electron chi connectivity index (χ4n) is 1.40. The second-order valence-electron chi connectivity index (χ2n) is 3.52. The first-order valence-corrected chi connectivity index (χ1v) is 7.35. The lowest BCUT2D eigenvalue weighted by atomic mass is 10.1. The van der Waals surface area contributed by atoms with Crippen LogP contribution in [0.5, 0.6) is 0 Å². The van der Waals surface area contributed by atoms with Crippen LogP contribution in [-0.2, 0) is 25.0 Å². The molecule has 0 N–H and O–H groups in total. The molecule has 0 unspecified atom stereocenters. The molecule has 0 heterocycles. The van der Waals surface area contributed by atoms with Crippen LogP contribution in [0.3, 0.4) is 0 Å². The van der Waals surface area contributed by atoms with Crippen molar-refractivity contribution in [1.82, 2.24) is 0 Å². The van der Waals surface area contributed by atoms with Gasteiger partial charge in [-0.1, -0.05) is 12.1 Å². The summed E-state index contributed by atoms with van der Waals surface area (Å²) in [5, 5.41) is 0. The van der Waals surface area contributed by atoms with E-state index in [9.17, 15) is 13.2 Å². The largest absolute Gasteiger partial charge is 0.466 e. The summed E-state index contributed by atoms with van der Waals surface area (Å²) in [5.41, 5.74) is 1.11. The Morgan fingerprint density at radius 1 is 1.41 bits per heavy atom. The molecule has 1 aromatic rings. The lowest BCUT2D eigenvalue weighted by Crippen LogP contribution is -2.08. The van der Waals surface area contributed by atoms with Crippen LogP contribution >= 0.6 is 10.7 Å². The number of hydrogen-bond donors (Lipinski definition) is 0. The molecule has 94 valence electrons. The Bertz CT molecular complexity index is 522. The smallest absolute Gasteiger partial charge is 0.310 e. The van der Waals surface area contributed by atoms with Crippen LogP contribution in [0.1, 0.15) is 18.1 Å². The number of halogens is 1. The summed E-state index contributed by atoms with van der Waals surface area (Å²) in [4.78, 5) is 11.3. The molecule has 0 atom stereocenters. The summed E-state index contributed by atoms with van der Waals surface area (Å²) in [7, 11) is 1.51. The van der Waals surface area contributed by atoms with E-state index in [0.29, 0.717) is 17.7 Å². The van der Waals surface area contributed by atoms with Gasteiger partial charge >= 0.3 is 5.97 Å². The van der Waals surface area contributed by atoms with Crippen molar-refractivity contribution in [1.29, 1.82) is 0 Å². The molecule has 0 amide bonds. The van der Waals surface area contributed by atoms with Gasteiger partial charge < -0.3 is 4.74 Å². The normalized spacial score (nSPS) is 11.2. The molecule has 0 saturated heterocycles. The minimum Gasteiger partial charge on any atom is -0.466 e. The Morgan fingerprint density at radius 2 is 2.06 bits per heavy atom. The molecular weight excluding hydrogens is 264 g/mol. The molecule has 0 radical (unpaired) electrons. The summed E-state index contributed by atoms with van der Waals surface area (Å²) < 4.78 is 27.3. The third-order valence-electron chi connectivity index (χ3n) is 2.17. The Hall–Kier alpha value is -1.07. The molecule has 1 rings (SSSR count). The Kier molecular flexibility index (Phi) is 4.54. The molecule has 0 aliphatic rings. The molecule has 6 heteroatoms. The van der Waals surface area contributed by atoms with Gasteiger partial charge in [0.15, 0.2) is 0 Å². The highest BCUT2D eigenvalue weighted by atomic mass is 35.7. The summed E-state index contributed by atoms with van der Waals surface area (Å²) >= 11 is 0. The molecule has 0 aliphatic heterocycles. The van der Waals surface area contributed by atoms with Crippen molar-refractivity contribution < 1.29 is 17.9 Å². The van der Waals surface area contributed by atoms with Crippen LogP contribution in [0.2, 0.25) is 0 Å². The molecule has 0 saturated carbocycles. The van der Waals surface area contributed by atoms with Gasteiger partial charge in [0, 0.05) is 10.7 Å². The first kappa shape index (κ1) is 14.0. The van der Waals surface area contributed by atoms with Crippen molar-refractivity contribution in [2.45, 2.75) is 25.2 Å². The predicted octanol–water partition coefficient (Wildman–Crippen LogP) is 2.03. The Balaban J connectivity index is 3.02. The van der Waals surface area contributed by atoms with Gasteiger partial charge in [-0.2, -0.15) is 0 Å². The van der Waals surface area contributed by atoms with Crippen molar-refractivity contribution in [3.8, 4) is 0 Å². The summed E-state index contributed by atoms with van der Waals surface area (Å²) in [6, 6.07) is 4.69. The molecule has 0 bridgehead atoms. The zero-order chi connectivity index (χ0) is 13.1. The van der Waals surface area contributed by atoms with E-state index in [-0.39, 0.29) is 11.3 Å². The van der Waals surface area contributed by atoms with Crippen LogP contribution in [0.25, 0.3) is 0 Å². The molecule has 0 fully saturated rings. The van der Waals surface area contributed by atoms with Crippen LogP contribution < -0.4 is 0 Å². The van der Waals surface area contributed by atoms with E-state index in [2.05, 4.69) is 0 Å². The van der Waals surface area contributed by atoms with E-state index in [1.807, 2.05) is 0 Å². The maximum atomic E-state index is 11.3. The minimum absolute atomic E-state index is 0.0287. The van der Waals surface area contributed by atoms with Crippen molar-refractivity contribution >= 4 is 25.7 Å². The molecule has 1 aromatic carbocycles. The van der Waals surface area contributed by atoms with Crippen molar-refractivity contribution in [2.75, 3.05) is 6.61 Å². The van der Waals surface area contributed by atoms with E-state index < -0.39 is 15.0 Å². The molecule has 17 heavy (non-hydrogen) atoms. The van der Waals surface area contributed by atoms with E-state index in [1.54, 1.807) is 26.0 Å². The monoisotopic (exact) mass is 276 g/mol. The Morgan fingerprint density at radius 3 is 2.59 bits per heavy atom. The number of aryl methyl sites for hydroxylation is 1. The second kappa shape index (κ2) is 5.51. The van der Waals surface area contributed by atoms with E-state index in [4.69, 9.17) is 15.4 Å². The molecule has 0 aromatic heterocycles. The van der Waals surface area contributed by atoms with Gasteiger partial charge in [-0.25, -0.2) is 8.42 Å². The first-order chi connectivity index (χ1) is 7.84. The summed E-state index contributed by atoms with van der Waals surface area (Å²) in [6.07, 6.45) is 0.0352. The highest BCUT2D eigenvalue weighted by Crippen LogP contribution is 2.21. The molecule has 0 aliphatic carbocycles. The number of benzene rings is 1. The summed E-state index contributed by atoms with van der Waals surface area (Å²) in [5.74, 6) is -0.394. The number of rotatable bonds is 4. The van der Waals surface area contributed by atoms with Crippen LogP contribution in [-0.4, -0.2) is 21.0 Å². The second-order valence-corrected chi connectivity index (χ2v) is 6.05. The molecule has 4 nitrogen and oxygen atoms in total. The Labute approximate surface area is 105 Å². The van der Waals surface area contributed by atoms with Crippen LogP contribution in [0.15, 0.2) is 23.1 Å². The van der Waals surface area contributed by atoms with Gasteiger partial charge in [0.1, 0.15) is 0 Å². The number of carbonyl (C=O) groups is 1. The quantitative estimate of drug-likeness (QED) is 0.624. The predicted molar refractivity (Wildman–Crippen MR) is 64.6 cm³/mol. The summed E-state index contributed by atoms with van der Waals surface area (Å²) in [6.45, 7) is 3.65. The number of esters is 1. The SMILES string of the molecule is CCOC(=O)Cc1ccc(C)c(S(=O)(=O)Cl)c1.